The predicted octanol–water partition coefficient (Wildman–Crippen LogP) is 2.54. The summed E-state index contributed by atoms with van der Waals surface area (Å²) in [6.45, 7) is 0. The van der Waals surface area contributed by atoms with Gasteiger partial charge >= 0.3 is 0 Å². The van der Waals surface area contributed by atoms with Gasteiger partial charge in [-0.1, -0.05) is 30.3 Å². The van der Waals surface area contributed by atoms with Crippen molar-refractivity contribution in [2.45, 2.75) is 18.6 Å². The first kappa shape index (κ1) is 13.1. The Bertz CT molecular complexity index is 634. The molecule has 1 aromatic heterocycles. The Hall–Kier alpha value is -1.91. The van der Waals surface area contributed by atoms with Crippen molar-refractivity contribution in [1.29, 1.82) is 0 Å². The van der Waals surface area contributed by atoms with E-state index in [1.165, 1.54) is 6.08 Å². The lowest BCUT2D eigenvalue weighted by atomic mass is 10.1. The molecule has 102 valence electrons. The normalized spacial score (nSPS) is 21.1. The molecule has 1 amide bonds. The smallest absolute Gasteiger partial charge is 0.244 e. The molecule has 1 aliphatic carbocycles. The fraction of sp³-hybridized carbons (Fsp3) is 0.188. The Labute approximate surface area is 121 Å². The number of aliphatic hydroxyl groups is 1. The Kier molecular flexibility index (Phi) is 3.67. The fourth-order valence-corrected chi connectivity index (χ4v) is 3.11. The molecular formula is C16H15NO2S. The molecule has 0 fully saturated rings. The number of thiophene rings is 1. The van der Waals surface area contributed by atoms with Gasteiger partial charge in [-0.2, -0.15) is 0 Å². The number of rotatable bonds is 3. The van der Waals surface area contributed by atoms with Crippen LogP contribution in [0.1, 0.15) is 22.0 Å². The van der Waals surface area contributed by atoms with Gasteiger partial charge in [-0.25, -0.2) is 0 Å². The molecule has 1 heterocycles. The summed E-state index contributed by atoms with van der Waals surface area (Å²) in [5.74, 6) is -0.181. The van der Waals surface area contributed by atoms with Crippen LogP contribution in [0.3, 0.4) is 0 Å². The molecule has 0 saturated carbocycles. The monoisotopic (exact) mass is 285 g/mol. The van der Waals surface area contributed by atoms with Gasteiger partial charge in [-0.15, -0.1) is 11.3 Å². The van der Waals surface area contributed by atoms with E-state index in [1.807, 2.05) is 41.8 Å². The second kappa shape index (κ2) is 5.61. The molecular weight excluding hydrogens is 270 g/mol. The van der Waals surface area contributed by atoms with Crippen molar-refractivity contribution in [1.82, 2.24) is 5.32 Å². The molecule has 0 radical (unpaired) electrons. The van der Waals surface area contributed by atoms with Crippen LogP contribution in [-0.2, 0) is 11.2 Å². The molecule has 1 aliphatic rings. The average Bonchev–Trinajstić information content (AvgIpc) is 3.06. The van der Waals surface area contributed by atoms with E-state index in [0.717, 1.165) is 16.0 Å². The molecule has 20 heavy (non-hydrogen) atoms. The highest BCUT2D eigenvalue weighted by atomic mass is 32.1. The van der Waals surface area contributed by atoms with Gasteiger partial charge in [0.25, 0.3) is 0 Å². The maximum absolute atomic E-state index is 11.9. The molecule has 3 rings (SSSR count). The first-order valence-electron chi connectivity index (χ1n) is 6.52. The highest BCUT2D eigenvalue weighted by Crippen LogP contribution is 2.31. The number of nitrogens with one attached hydrogen (secondary N) is 1. The van der Waals surface area contributed by atoms with Crippen molar-refractivity contribution in [2.24, 2.45) is 0 Å². The molecule has 0 saturated heterocycles. The minimum absolute atomic E-state index is 0.181. The molecule has 4 heteroatoms. The van der Waals surface area contributed by atoms with Gasteiger partial charge in [0.15, 0.2) is 0 Å². The van der Waals surface area contributed by atoms with Crippen LogP contribution in [0.25, 0.3) is 6.08 Å². The van der Waals surface area contributed by atoms with E-state index in [4.69, 9.17) is 0 Å². The summed E-state index contributed by atoms with van der Waals surface area (Å²) in [5.41, 5.74) is 2.12. The zero-order valence-corrected chi connectivity index (χ0v) is 11.6. The number of carbonyl (C=O) groups is 1. The van der Waals surface area contributed by atoms with Crippen LogP contribution in [0.5, 0.6) is 0 Å². The quantitative estimate of drug-likeness (QED) is 0.851. The van der Waals surface area contributed by atoms with Crippen molar-refractivity contribution in [3.8, 4) is 0 Å². The molecule has 0 spiro atoms. The lowest BCUT2D eigenvalue weighted by molar-refractivity contribution is -0.117. The molecule has 3 nitrogen and oxygen atoms in total. The molecule has 2 atom stereocenters. The van der Waals surface area contributed by atoms with Crippen molar-refractivity contribution in [2.75, 3.05) is 0 Å². The summed E-state index contributed by atoms with van der Waals surface area (Å²) >= 11 is 1.58. The second-order valence-corrected chi connectivity index (χ2v) is 5.78. The van der Waals surface area contributed by atoms with Crippen molar-refractivity contribution >= 4 is 23.3 Å². The minimum Gasteiger partial charge on any atom is -0.390 e. The third-order valence-electron chi connectivity index (χ3n) is 3.44. The third-order valence-corrected chi connectivity index (χ3v) is 4.28. The first-order chi connectivity index (χ1) is 9.74. The van der Waals surface area contributed by atoms with Crippen molar-refractivity contribution < 1.29 is 9.90 Å². The fourth-order valence-electron chi connectivity index (χ4n) is 2.49. The van der Waals surface area contributed by atoms with E-state index in [9.17, 15) is 9.90 Å². The van der Waals surface area contributed by atoms with Gasteiger partial charge in [-0.3, -0.25) is 4.79 Å². The highest BCUT2D eigenvalue weighted by molar-refractivity contribution is 7.10. The summed E-state index contributed by atoms with van der Waals surface area (Å²) in [4.78, 5) is 13.0. The molecule has 2 aromatic rings. The van der Waals surface area contributed by atoms with Gasteiger partial charge in [-0.05, 0) is 28.6 Å². The predicted molar refractivity (Wildman–Crippen MR) is 80.4 cm³/mol. The summed E-state index contributed by atoms with van der Waals surface area (Å²) in [6, 6.07) is 11.4. The summed E-state index contributed by atoms with van der Waals surface area (Å²) in [7, 11) is 0. The Morgan fingerprint density at radius 2 is 2.15 bits per heavy atom. The number of hydrogen-bond donors (Lipinski definition) is 2. The van der Waals surface area contributed by atoms with E-state index in [-0.39, 0.29) is 11.9 Å². The van der Waals surface area contributed by atoms with Crippen LogP contribution in [0.4, 0.5) is 0 Å². The number of aliphatic hydroxyl groups excluding tert-OH is 1. The molecule has 0 aliphatic heterocycles. The lowest BCUT2D eigenvalue weighted by Gasteiger charge is -2.16. The Morgan fingerprint density at radius 3 is 2.95 bits per heavy atom. The highest BCUT2D eigenvalue weighted by Gasteiger charge is 2.31. The van der Waals surface area contributed by atoms with Gasteiger partial charge in [0.2, 0.25) is 5.91 Å². The summed E-state index contributed by atoms with van der Waals surface area (Å²) in [6.07, 6.45) is 3.34. The van der Waals surface area contributed by atoms with E-state index in [2.05, 4.69) is 5.32 Å². The number of benzene rings is 1. The summed E-state index contributed by atoms with van der Waals surface area (Å²) in [5, 5.41) is 14.9. The van der Waals surface area contributed by atoms with Gasteiger partial charge in [0, 0.05) is 17.4 Å². The van der Waals surface area contributed by atoms with Crippen LogP contribution in [0.15, 0.2) is 47.9 Å². The topological polar surface area (TPSA) is 49.3 Å². The zero-order valence-electron chi connectivity index (χ0n) is 10.8. The maximum atomic E-state index is 11.9. The van der Waals surface area contributed by atoms with Crippen molar-refractivity contribution in [3.05, 3.63) is 63.9 Å². The standard InChI is InChI=1S/C16H15NO2S/c18-14-10-11-4-1-2-6-13(11)16(14)17-15(19)8-7-12-5-3-9-20-12/h1-9,14,16,18H,10H2,(H,17,19)/b8-7+. The number of amides is 1. The summed E-state index contributed by atoms with van der Waals surface area (Å²) < 4.78 is 0. The maximum Gasteiger partial charge on any atom is 0.244 e. The van der Waals surface area contributed by atoms with Crippen LogP contribution in [0.2, 0.25) is 0 Å². The second-order valence-electron chi connectivity index (χ2n) is 4.81. The van der Waals surface area contributed by atoms with E-state index in [1.54, 1.807) is 17.4 Å². The Morgan fingerprint density at radius 1 is 1.30 bits per heavy atom. The van der Waals surface area contributed by atoms with Crippen molar-refractivity contribution in [3.63, 3.8) is 0 Å². The molecule has 0 bridgehead atoms. The van der Waals surface area contributed by atoms with Gasteiger partial charge in [0.1, 0.15) is 0 Å². The van der Waals surface area contributed by atoms with Crippen LogP contribution < -0.4 is 5.32 Å². The van der Waals surface area contributed by atoms with Crippen LogP contribution in [-0.4, -0.2) is 17.1 Å². The van der Waals surface area contributed by atoms with E-state index >= 15 is 0 Å². The number of fused-ring (bicyclic) bond motifs is 1. The zero-order chi connectivity index (χ0) is 13.9. The van der Waals surface area contributed by atoms with Crippen LogP contribution >= 0.6 is 11.3 Å². The first-order valence-corrected chi connectivity index (χ1v) is 7.40. The third kappa shape index (κ3) is 2.66. The van der Waals surface area contributed by atoms with E-state index < -0.39 is 6.10 Å². The van der Waals surface area contributed by atoms with Gasteiger partial charge < -0.3 is 10.4 Å². The minimum atomic E-state index is -0.550. The Balaban J connectivity index is 1.70. The average molecular weight is 285 g/mol. The molecule has 1 aromatic carbocycles. The lowest BCUT2D eigenvalue weighted by Crippen LogP contribution is -2.32. The largest absolute Gasteiger partial charge is 0.390 e. The molecule has 2 unspecified atom stereocenters. The number of hydrogen-bond acceptors (Lipinski definition) is 3. The van der Waals surface area contributed by atoms with Crippen LogP contribution in [0, 0.1) is 0 Å². The van der Waals surface area contributed by atoms with Gasteiger partial charge in [0.05, 0.1) is 12.1 Å². The van der Waals surface area contributed by atoms with E-state index in [0.29, 0.717) is 6.42 Å². The molecule has 2 N–H and O–H groups in total. The number of carbonyl (C=O) groups excluding carboxylic acids is 1. The SMILES string of the molecule is O=C(/C=C/c1cccs1)NC1c2ccccc2CC1O.